The monoisotopic (exact) mass is 529 g/mol. The Morgan fingerprint density at radius 3 is 2.26 bits per heavy atom. The molecule has 6 nitrogen and oxygen atoms in total. The average Bonchev–Trinajstić information content (AvgIpc) is 3.29. The van der Waals surface area contributed by atoms with E-state index in [1.807, 2.05) is 0 Å². The molecule has 0 bridgehead atoms. The highest BCUT2D eigenvalue weighted by molar-refractivity contribution is 5.51. The first kappa shape index (κ1) is 26.2. The molecular formula is C29H30F3NO5. The van der Waals surface area contributed by atoms with Crippen molar-refractivity contribution in [1.82, 2.24) is 4.90 Å². The first-order chi connectivity index (χ1) is 18.1. The molecule has 2 heterocycles. The highest BCUT2D eigenvalue weighted by atomic mass is 19.4. The third-order valence-corrected chi connectivity index (χ3v) is 7.46. The van der Waals surface area contributed by atoms with Crippen LogP contribution in [0.5, 0.6) is 23.0 Å². The van der Waals surface area contributed by atoms with E-state index in [1.165, 1.54) is 30.7 Å². The fraction of sp³-hybridized carbons (Fsp3) is 0.379. The van der Waals surface area contributed by atoms with Gasteiger partial charge in [-0.2, -0.15) is 13.2 Å². The molecule has 0 aromatic heterocycles. The van der Waals surface area contributed by atoms with Crippen molar-refractivity contribution in [3.63, 3.8) is 0 Å². The summed E-state index contributed by atoms with van der Waals surface area (Å²) in [4.78, 5) is 2.34. The topological polar surface area (TPSA) is 82.4 Å². The van der Waals surface area contributed by atoms with Crippen LogP contribution in [0.25, 0.3) is 0 Å². The number of benzene rings is 3. The first-order valence-corrected chi connectivity index (χ1v) is 12.6. The lowest BCUT2D eigenvalue weighted by molar-refractivity contribution is -0.288. The lowest BCUT2D eigenvalue weighted by Gasteiger charge is -2.46. The van der Waals surface area contributed by atoms with Crippen molar-refractivity contribution in [2.75, 3.05) is 26.2 Å². The van der Waals surface area contributed by atoms with Gasteiger partial charge in [0.25, 0.3) is 0 Å². The van der Waals surface area contributed by atoms with Crippen molar-refractivity contribution in [3.05, 3.63) is 83.4 Å². The van der Waals surface area contributed by atoms with E-state index in [1.54, 1.807) is 24.3 Å². The van der Waals surface area contributed by atoms with Gasteiger partial charge >= 0.3 is 6.18 Å². The lowest BCUT2D eigenvalue weighted by Crippen LogP contribution is -2.52. The maximum Gasteiger partial charge on any atom is 0.422 e. The highest BCUT2D eigenvalue weighted by Crippen LogP contribution is 2.60. The van der Waals surface area contributed by atoms with E-state index < -0.39 is 29.4 Å². The van der Waals surface area contributed by atoms with Gasteiger partial charge in [-0.3, -0.25) is 4.90 Å². The summed E-state index contributed by atoms with van der Waals surface area (Å²) in [6.07, 6.45) is -5.18. The number of phenolic OH excluding ortho intramolecular Hbond substituents is 2. The number of nitrogens with zero attached hydrogens (tertiary/aromatic N) is 1. The maximum absolute atomic E-state index is 14.7. The van der Waals surface area contributed by atoms with Gasteiger partial charge in [-0.1, -0.05) is 31.2 Å². The van der Waals surface area contributed by atoms with Gasteiger partial charge in [0.15, 0.2) is 5.60 Å². The highest BCUT2D eigenvalue weighted by Gasteiger charge is 2.65. The Morgan fingerprint density at radius 2 is 1.63 bits per heavy atom. The van der Waals surface area contributed by atoms with Gasteiger partial charge in [0.1, 0.15) is 35.7 Å². The number of alkyl halides is 3. The van der Waals surface area contributed by atoms with Gasteiger partial charge < -0.3 is 24.8 Å². The van der Waals surface area contributed by atoms with Gasteiger partial charge in [0, 0.05) is 24.7 Å². The number of halogens is 3. The normalized spacial score (nSPS) is 25.6. The van der Waals surface area contributed by atoms with Crippen LogP contribution < -0.4 is 9.47 Å². The van der Waals surface area contributed by atoms with E-state index in [2.05, 4.69) is 11.8 Å². The third-order valence-electron chi connectivity index (χ3n) is 7.46. The minimum atomic E-state index is -5.08. The molecule has 3 aromatic rings. The first-order valence-electron chi connectivity index (χ1n) is 12.6. The molecule has 5 rings (SSSR count). The molecule has 4 atom stereocenters. The number of fused-ring (bicyclic) bond motifs is 1. The van der Waals surface area contributed by atoms with Crippen LogP contribution in [-0.4, -0.2) is 52.6 Å². The van der Waals surface area contributed by atoms with Crippen molar-refractivity contribution in [2.24, 2.45) is 5.92 Å². The molecule has 9 heteroatoms. The molecule has 202 valence electrons. The van der Waals surface area contributed by atoms with Crippen LogP contribution in [0.4, 0.5) is 13.2 Å². The largest absolute Gasteiger partial charge is 0.508 e. The second-order valence-corrected chi connectivity index (χ2v) is 10.2. The summed E-state index contributed by atoms with van der Waals surface area (Å²) < 4.78 is 56.1. The summed E-state index contributed by atoms with van der Waals surface area (Å²) in [5.74, 6) is -1.02. The summed E-state index contributed by atoms with van der Waals surface area (Å²) >= 11 is 0. The van der Waals surface area contributed by atoms with Crippen LogP contribution in [0.15, 0.2) is 66.7 Å². The molecule has 2 aliphatic heterocycles. The van der Waals surface area contributed by atoms with Crippen LogP contribution in [-0.2, 0) is 5.60 Å². The van der Waals surface area contributed by atoms with E-state index in [0.29, 0.717) is 23.8 Å². The van der Waals surface area contributed by atoms with Crippen LogP contribution in [0.3, 0.4) is 0 Å². The van der Waals surface area contributed by atoms with E-state index >= 15 is 0 Å². The predicted molar refractivity (Wildman–Crippen MR) is 134 cm³/mol. The van der Waals surface area contributed by atoms with Crippen molar-refractivity contribution in [3.8, 4) is 23.0 Å². The van der Waals surface area contributed by atoms with E-state index in [4.69, 9.17) is 9.47 Å². The van der Waals surface area contributed by atoms with Crippen LogP contribution in [0.2, 0.25) is 0 Å². The minimum Gasteiger partial charge on any atom is -0.508 e. The molecule has 3 aromatic carbocycles. The molecule has 0 aliphatic carbocycles. The van der Waals surface area contributed by atoms with Crippen molar-refractivity contribution < 1.29 is 38.0 Å². The quantitative estimate of drug-likeness (QED) is 0.392. The third kappa shape index (κ3) is 4.88. The Bertz CT molecular complexity index is 1260. The molecule has 0 spiro atoms. The molecule has 0 saturated carbocycles. The zero-order valence-electron chi connectivity index (χ0n) is 20.9. The number of aliphatic hydroxyl groups is 1. The van der Waals surface area contributed by atoms with Gasteiger partial charge in [0.2, 0.25) is 0 Å². The second kappa shape index (κ2) is 10.0. The van der Waals surface area contributed by atoms with Gasteiger partial charge in [-0.05, 0) is 66.4 Å². The minimum absolute atomic E-state index is 0.118. The Kier molecular flexibility index (Phi) is 6.92. The number of likely N-dealkylation sites (tertiary alicyclic amines) is 1. The van der Waals surface area contributed by atoms with E-state index in [0.717, 1.165) is 37.8 Å². The van der Waals surface area contributed by atoms with Crippen molar-refractivity contribution in [2.45, 2.75) is 37.1 Å². The zero-order valence-corrected chi connectivity index (χ0v) is 20.9. The summed E-state index contributed by atoms with van der Waals surface area (Å²) in [5, 5.41) is 31.2. The van der Waals surface area contributed by atoms with E-state index in [-0.39, 0.29) is 22.8 Å². The summed E-state index contributed by atoms with van der Waals surface area (Å²) in [6.45, 7) is 5.58. The molecule has 3 N–H and O–H groups in total. The fourth-order valence-corrected chi connectivity index (χ4v) is 5.48. The van der Waals surface area contributed by atoms with Crippen LogP contribution >= 0.6 is 0 Å². The Morgan fingerprint density at radius 1 is 0.974 bits per heavy atom. The standard InChI is InChI=1S/C29H30F3NO5/c1-18-12-13-33(17-18)14-15-37-23-9-4-20(5-10-23)27-26(19-2-6-21(34)7-3-19)28(36,29(30,31)32)24-11-8-22(35)16-25(24)38-27/h2-11,16,18,26-27,34-36H,12-15,17H2,1H3/t18-,26?,27?,28?/m1/s1. The fourth-order valence-electron chi connectivity index (χ4n) is 5.48. The van der Waals surface area contributed by atoms with Crippen LogP contribution in [0.1, 0.15) is 42.1 Å². The van der Waals surface area contributed by atoms with Gasteiger partial charge in [-0.15, -0.1) is 0 Å². The Hall–Kier alpha value is -3.43. The smallest absolute Gasteiger partial charge is 0.422 e. The summed E-state index contributed by atoms with van der Waals surface area (Å²) in [6, 6.07) is 15.0. The maximum atomic E-state index is 14.7. The molecule has 3 unspecified atom stereocenters. The van der Waals surface area contributed by atoms with Gasteiger partial charge in [0.05, 0.1) is 5.92 Å². The molecule has 0 amide bonds. The predicted octanol–water partition coefficient (Wildman–Crippen LogP) is 5.49. The SMILES string of the molecule is C[C@@H]1CCN(CCOc2ccc(C3Oc4cc(O)ccc4C(O)(C(F)(F)F)C3c3ccc(O)cc3)cc2)C1. The summed E-state index contributed by atoms with van der Waals surface area (Å²) in [7, 11) is 0. The van der Waals surface area contributed by atoms with Crippen molar-refractivity contribution >= 4 is 0 Å². The number of rotatable bonds is 6. The molecule has 0 radical (unpaired) electrons. The number of phenols is 2. The Labute approximate surface area is 218 Å². The van der Waals surface area contributed by atoms with Crippen LogP contribution in [0, 0.1) is 5.92 Å². The zero-order chi connectivity index (χ0) is 27.1. The number of ether oxygens (including phenoxy) is 2. The molecule has 38 heavy (non-hydrogen) atoms. The lowest BCUT2D eigenvalue weighted by atomic mass is 9.70. The second-order valence-electron chi connectivity index (χ2n) is 10.2. The molecule has 1 saturated heterocycles. The average molecular weight is 530 g/mol. The van der Waals surface area contributed by atoms with E-state index in [9.17, 15) is 28.5 Å². The summed E-state index contributed by atoms with van der Waals surface area (Å²) in [5.41, 5.74) is -3.31. The number of hydrogen-bond acceptors (Lipinski definition) is 6. The number of aromatic hydroxyl groups is 2. The molecule has 1 fully saturated rings. The van der Waals surface area contributed by atoms with Gasteiger partial charge in [-0.25, -0.2) is 0 Å². The van der Waals surface area contributed by atoms with Crippen molar-refractivity contribution in [1.29, 1.82) is 0 Å². The number of hydrogen-bond donors (Lipinski definition) is 3. The molecular weight excluding hydrogens is 499 g/mol. The molecule has 2 aliphatic rings. The Balaban J connectivity index is 1.48.